The summed E-state index contributed by atoms with van der Waals surface area (Å²) in [5.74, 6) is -1.36. The molecule has 0 spiro atoms. The standard InChI is InChI=1S/C10H16O7S/c1-4-13-9(11)8-7(16-18(12)17-8)6-5-14-10(2,3)15-6/h6-8H,4-5H2,1-3H3/t6-,7-,8+,18?/m1/s1. The highest BCUT2D eigenvalue weighted by atomic mass is 32.2. The molecular weight excluding hydrogens is 264 g/mol. The molecule has 0 bridgehead atoms. The van der Waals surface area contributed by atoms with Gasteiger partial charge in [-0.05, 0) is 20.8 Å². The van der Waals surface area contributed by atoms with Crippen LogP contribution in [-0.4, -0.2) is 47.5 Å². The van der Waals surface area contributed by atoms with E-state index in [2.05, 4.69) is 0 Å². The second kappa shape index (κ2) is 5.22. The van der Waals surface area contributed by atoms with Crippen LogP contribution < -0.4 is 0 Å². The molecule has 2 aliphatic rings. The maximum Gasteiger partial charge on any atom is 0.339 e. The third kappa shape index (κ3) is 2.89. The summed E-state index contributed by atoms with van der Waals surface area (Å²) in [7, 11) is 0. The molecule has 0 radical (unpaired) electrons. The number of esters is 1. The van der Waals surface area contributed by atoms with E-state index >= 15 is 0 Å². The highest BCUT2D eigenvalue weighted by Crippen LogP contribution is 2.31. The third-order valence-electron chi connectivity index (χ3n) is 2.59. The van der Waals surface area contributed by atoms with Crippen molar-refractivity contribution >= 4 is 17.3 Å². The van der Waals surface area contributed by atoms with E-state index in [-0.39, 0.29) is 13.2 Å². The van der Waals surface area contributed by atoms with Crippen molar-refractivity contribution in [2.75, 3.05) is 13.2 Å². The van der Waals surface area contributed by atoms with Gasteiger partial charge in [0, 0.05) is 0 Å². The highest BCUT2D eigenvalue weighted by Gasteiger charge is 2.50. The molecule has 8 heteroatoms. The largest absolute Gasteiger partial charge is 0.464 e. The number of carbonyl (C=O) groups excluding carboxylic acids is 1. The number of ether oxygens (including phenoxy) is 3. The fourth-order valence-electron chi connectivity index (χ4n) is 1.84. The van der Waals surface area contributed by atoms with Gasteiger partial charge in [-0.15, -0.1) is 0 Å². The fraction of sp³-hybridized carbons (Fsp3) is 0.900. The van der Waals surface area contributed by atoms with E-state index in [1.54, 1.807) is 20.8 Å². The Morgan fingerprint density at radius 2 is 2.17 bits per heavy atom. The monoisotopic (exact) mass is 280 g/mol. The van der Waals surface area contributed by atoms with E-state index in [4.69, 9.17) is 22.6 Å². The Morgan fingerprint density at radius 1 is 1.44 bits per heavy atom. The fourth-order valence-corrected chi connectivity index (χ4v) is 2.64. The van der Waals surface area contributed by atoms with Crippen LogP contribution in [0.3, 0.4) is 0 Å². The predicted octanol–water partition coefficient (Wildman–Crippen LogP) is 0.0637. The zero-order chi connectivity index (χ0) is 13.3. The average molecular weight is 280 g/mol. The molecule has 2 saturated heterocycles. The molecule has 0 aliphatic carbocycles. The summed E-state index contributed by atoms with van der Waals surface area (Å²) in [6.07, 6.45) is -2.35. The van der Waals surface area contributed by atoms with E-state index in [0.717, 1.165) is 0 Å². The first kappa shape index (κ1) is 13.9. The predicted molar refractivity (Wildman–Crippen MR) is 59.4 cm³/mol. The van der Waals surface area contributed by atoms with E-state index in [1.807, 2.05) is 0 Å². The second-order valence-electron chi connectivity index (χ2n) is 4.40. The minimum absolute atomic E-state index is 0.214. The lowest BCUT2D eigenvalue weighted by Crippen LogP contribution is -2.42. The molecule has 2 heterocycles. The van der Waals surface area contributed by atoms with E-state index in [9.17, 15) is 9.00 Å². The molecule has 0 saturated carbocycles. The summed E-state index contributed by atoms with van der Waals surface area (Å²) in [4.78, 5) is 11.7. The van der Waals surface area contributed by atoms with Crippen LogP contribution in [0.15, 0.2) is 0 Å². The van der Waals surface area contributed by atoms with Gasteiger partial charge in [0.25, 0.3) is 0 Å². The molecule has 0 aromatic rings. The quantitative estimate of drug-likeness (QED) is 0.676. The lowest BCUT2D eigenvalue weighted by atomic mass is 10.1. The van der Waals surface area contributed by atoms with E-state index in [1.165, 1.54) is 0 Å². The SMILES string of the molecule is CCOC(=O)[C@H]1OS(=O)O[C@@H]1[C@H]1COC(C)(C)O1. The summed E-state index contributed by atoms with van der Waals surface area (Å²) in [5, 5.41) is 0. The molecule has 2 aliphatic heterocycles. The molecule has 0 N–H and O–H groups in total. The third-order valence-corrected chi connectivity index (χ3v) is 3.33. The summed E-state index contributed by atoms with van der Waals surface area (Å²) in [6.45, 7) is 5.63. The van der Waals surface area contributed by atoms with Gasteiger partial charge in [0.15, 0.2) is 5.79 Å². The lowest BCUT2D eigenvalue weighted by Gasteiger charge is -2.21. The van der Waals surface area contributed by atoms with Crippen molar-refractivity contribution in [2.24, 2.45) is 0 Å². The molecular formula is C10H16O7S. The molecule has 0 aromatic heterocycles. The molecule has 2 rings (SSSR count). The van der Waals surface area contributed by atoms with Gasteiger partial charge in [0.1, 0.15) is 12.2 Å². The Bertz CT molecular complexity index is 356. The number of rotatable bonds is 3. The Labute approximate surface area is 108 Å². The summed E-state index contributed by atoms with van der Waals surface area (Å²) in [5.41, 5.74) is 0. The van der Waals surface area contributed by atoms with Gasteiger partial charge >= 0.3 is 17.3 Å². The Balaban J connectivity index is 2.06. The zero-order valence-corrected chi connectivity index (χ0v) is 11.2. The number of carbonyl (C=O) groups is 1. The van der Waals surface area contributed by atoms with Crippen molar-refractivity contribution in [2.45, 2.75) is 44.9 Å². The van der Waals surface area contributed by atoms with Crippen molar-refractivity contribution in [3.63, 3.8) is 0 Å². The van der Waals surface area contributed by atoms with Crippen LogP contribution in [0.4, 0.5) is 0 Å². The Kier molecular flexibility index (Phi) is 4.02. The van der Waals surface area contributed by atoms with Crippen LogP contribution >= 0.6 is 0 Å². The van der Waals surface area contributed by atoms with E-state index < -0.39 is 41.4 Å². The van der Waals surface area contributed by atoms with Gasteiger partial charge in [-0.3, -0.25) is 8.37 Å². The van der Waals surface area contributed by atoms with Crippen LogP contribution in [-0.2, 0) is 38.7 Å². The molecule has 4 atom stereocenters. The first-order valence-corrected chi connectivity index (χ1v) is 6.67. The molecule has 104 valence electrons. The summed E-state index contributed by atoms with van der Waals surface area (Å²) >= 11 is -1.96. The normalized spacial score (nSPS) is 38.8. The van der Waals surface area contributed by atoms with E-state index in [0.29, 0.717) is 0 Å². The Hall–Kier alpha value is -0.540. The van der Waals surface area contributed by atoms with Crippen molar-refractivity contribution in [3.8, 4) is 0 Å². The number of hydrogen-bond donors (Lipinski definition) is 0. The molecule has 7 nitrogen and oxygen atoms in total. The maximum absolute atomic E-state index is 11.7. The average Bonchev–Trinajstić information content (AvgIpc) is 2.82. The van der Waals surface area contributed by atoms with Gasteiger partial charge in [0.2, 0.25) is 6.10 Å². The molecule has 1 unspecified atom stereocenters. The summed E-state index contributed by atoms with van der Waals surface area (Å²) < 4.78 is 37.0. The van der Waals surface area contributed by atoms with Crippen molar-refractivity contribution < 1.29 is 31.6 Å². The maximum atomic E-state index is 11.7. The highest BCUT2D eigenvalue weighted by molar-refractivity contribution is 7.75. The van der Waals surface area contributed by atoms with Crippen LogP contribution in [0, 0.1) is 0 Å². The molecule has 18 heavy (non-hydrogen) atoms. The summed E-state index contributed by atoms with van der Waals surface area (Å²) in [6, 6.07) is 0. The van der Waals surface area contributed by atoms with Crippen LogP contribution in [0.1, 0.15) is 20.8 Å². The zero-order valence-electron chi connectivity index (χ0n) is 10.4. The minimum Gasteiger partial charge on any atom is -0.464 e. The molecule has 0 aromatic carbocycles. The smallest absolute Gasteiger partial charge is 0.339 e. The van der Waals surface area contributed by atoms with Crippen molar-refractivity contribution in [1.82, 2.24) is 0 Å². The van der Waals surface area contributed by atoms with Gasteiger partial charge in [-0.2, -0.15) is 4.21 Å². The van der Waals surface area contributed by atoms with Crippen molar-refractivity contribution in [3.05, 3.63) is 0 Å². The lowest BCUT2D eigenvalue weighted by molar-refractivity contribution is -0.164. The first-order chi connectivity index (χ1) is 8.43. The first-order valence-electron chi connectivity index (χ1n) is 5.67. The van der Waals surface area contributed by atoms with Gasteiger partial charge in [-0.1, -0.05) is 0 Å². The second-order valence-corrected chi connectivity index (χ2v) is 5.19. The topological polar surface area (TPSA) is 80.3 Å². The minimum atomic E-state index is -1.96. The number of hydrogen-bond acceptors (Lipinski definition) is 7. The Morgan fingerprint density at radius 3 is 2.72 bits per heavy atom. The van der Waals surface area contributed by atoms with Gasteiger partial charge < -0.3 is 14.2 Å². The van der Waals surface area contributed by atoms with Gasteiger partial charge in [0.05, 0.1) is 13.2 Å². The van der Waals surface area contributed by atoms with Gasteiger partial charge in [-0.25, -0.2) is 4.79 Å². The molecule has 0 amide bonds. The van der Waals surface area contributed by atoms with Crippen LogP contribution in [0.25, 0.3) is 0 Å². The van der Waals surface area contributed by atoms with Crippen LogP contribution in [0.2, 0.25) is 0 Å². The molecule has 2 fully saturated rings. The van der Waals surface area contributed by atoms with Crippen molar-refractivity contribution in [1.29, 1.82) is 0 Å². The van der Waals surface area contributed by atoms with Crippen LogP contribution in [0.5, 0.6) is 0 Å².